The van der Waals surface area contributed by atoms with Crippen LogP contribution >= 0.6 is 0 Å². The molecule has 1 N–H and O–H groups in total. The lowest BCUT2D eigenvalue weighted by Gasteiger charge is -2.30. The lowest BCUT2D eigenvalue weighted by molar-refractivity contribution is 0.144. The number of benzene rings is 1. The maximum atomic E-state index is 5.45. The summed E-state index contributed by atoms with van der Waals surface area (Å²) in [5.74, 6) is 0.686. The molecule has 1 heterocycles. The third-order valence-electron chi connectivity index (χ3n) is 5.16. The minimum atomic E-state index is 0.637. The molecule has 1 saturated carbocycles. The van der Waals surface area contributed by atoms with Gasteiger partial charge in [-0.3, -0.25) is 0 Å². The van der Waals surface area contributed by atoms with Gasteiger partial charge in [-0.2, -0.15) is 0 Å². The monoisotopic (exact) mass is 314 g/mol. The van der Waals surface area contributed by atoms with Gasteiger partial charge >= 0.3 is 0 Å². The van der Waals surface area contributed by atoms with Gasteiger partial charge in [0.25, 0.3) is 0 Å². The highest BCUT2D eigenvalue weighted by molar-refractivity contribution is 5.84. The Balaban J connectivity index is 1.71. The average Bonchev–Trinajstić information content (AvgIpc) is 2.98. The fraction of sp³-hybridized carbons (Fsp3) is 0.600. The van der Waals surface area contributed by atoms with Crippen molar-refractivity contribution in [1.82, 2.24) is 9.88 Å². The number of fused-ring (bicyclic) bond motifs is 1. The van der Waals surface area contributed by atoms with Gasteiger partial charge < -0.3 is 14.6 Å². The molecule has 0 aliphatic heterocycles. The lowest BCUT2D eigenvalue weighted by Crippen LogP contribution is -2.35. The molecule has 3 heteroatoms. The number of rotatable bonds is 7. The van der Waals surface area contributed by atoms with E-state index in [1.807, 2.05) is 0 Å². The van der Waals surface area contributed by atoms with Crippen molar-refractivity contribution >= 4 is 10.9 Å². The average molecular weight is 314 g/mol. The van der Waals surface area contributed by atoms with Crippen LogP contribution in [-0.4, -0.2) is 30.4 Å². The summed E-state index contributed by atoms with van der Waals surface area (Å²) >= 11 is 0. The molecule has 1 aromatic carbocycles. The topological polar surface area (TPSA) is 26.2 Å². The Kier molecular flexibility index (Phi) is 5.74. The molecule has 0 saturated heterocycles. The molecule has 1 aromatic heterocycles. The van der Waals surface area contributed by atoms with Crippen LogP contribution in [0.25, 0.3) is 10.9 Å². The van der Waals surface area contributed by atoms with Crippen molar-refractivity contribution in [2.24, 2.45) is 0 Å². The van der Waals surface area contributed by atoms with E-state index in [0.29, 0.717) is 12.0 Å². The minimum Gasteiger partial charge on any atom is -0.380 e. The Bertz CT molecular complexity index is 619. The molecule has 1 fully saturated rings. The summed E-state index contributed by atoms with van der Waals surface area (Å²) in [5.41, 5.74) is 2.94. The zero-order valence-corrected chi connectivity index (χ0v) is 14.6. The van der Waals surface area contributed by atoms with E-state index in [-0.39, 0.29) is 0 Å². The van der Waals surface area contributed by atoms with E-state index in [1.54, 1.807) is 5.56 Å². The van der Waals surface area contributed by atoms with Crippen LogP contribution < -0.4 is 5.32 Å². The molecular formula is C20H30N2O. The molecule has 0 spiro atoms. The van der Waals surface area contributed by atoms with E-state index in [4.69, 9.17) is 4.74 Å². The smallest absolute Gasteiger partial charge is 0.0590 e. The summed E-state index contributed by atoms with van der Waals surface area (Å²) in [5, 5.41) is 5.15. The van der Waals surface area contributed by atoms with Gasteiger partial charge in [0.05, 0.1) is 6.61 Å². The molecule has 0 bridgehead atoms. The molecule has 2 aromatic rings. The Morgan fingerprint density at radius 3 is 2.91 bits per heavy atom. The van der Waals surface area contributed by atoms with E-state index < -0.39 is 0 Å². The summed E-state index contributed by atoms with van der Waals surface area (Å²) in [4.78, 5) is 0. The number of nitrogens with one attached hydrogen (secondary N) is 1. The van der Waals surface area contributed by atoms with Crippen LogP contribution in [-0.2, 0) is 11.3 Å². The van der Waals surface area contributed by atoms with Crippen molar-refractivity contribution < 1.29 is 4.74 Å². The number of nitrogens with zero attached hydrogens (tertiary/aromatic N) is 1. The first-order chi connectivity index (χ1) is 11.3. The van der Waals surface area contributed by atoms with Gasteiger partial charge in [0.15, 0.2) is 0 Å². The van der Waals surface area contributed by atoms with E-state index in [1.165, 1.54) is 36.6 Å². The number of hydrogen-bond acceptors (Lipinski definition) is 2. The second-order valence-electron chi connectivity index (χ2n) is 6.60. The highest BCUT2D eigenvalue weighted by Crippen LogP contribution is 2.37. The Labute approximate surface area is 140 Å². The molecule has 1 aliphatic carbocycles. The minimum absolute atomic E-state index is 0.637. The molecule has 23 heavy (non-hydrogen) atoms. The van der Waals surface area contributed by atoms with E-state index in [9.17, 15) is 0 Å². The summed E-state index contributed by atoms with van der Waals surface area (Å²) in [6, 6.07) is 9.51. The third kappa shape index (κ3) is 3.78. The summed E-state index contributed by atoms with van der Waals surface area (Å²) in [7, 11) is 0. The predicted molar refractivity (Wildman–Crippen MR) is 97.1 cm³/mol. The second-order valence-corrected chi connectivity index (χ2v) is 6.60. The first kappa shape index (κ1) is 16.5. The quantitative estimate of drug-likeness (QED) is 0.771. The highest BCUT2D eigenvalue weighted by Gasteiger charge is 2.25. The van der Waals surface area contributed by atoms with Crippen LogP contribution in [0.4, 0.5) is 0 Å². The van der Waals surface area contributed by atoms with Crippen LogP contribution in [0.15, 0.2) is 30.5 Å². The number of ether oxygens (including phenoxy) is 1. The van der Waals surface area contributed by atoms with Crippen LogP contribution in [0.5, 0.6) is 0 Å². The van der Waals surface area contributed by atoms with Crippen molar-refractivity contribution in [3.05, 3.63) is 36.0 Å². The lowest BCUT2D eigenvalue weighted by atomic mass is 9.81. The molecule has 0 amide bonds. The largest absolute Gasteiger partial charge is 0.380 e. The van der Waals surface area contributed by atoms with Crippen LogP contribution in [0.2, 0.25) is 0 Å². The maximum Gasteiger partial charge on any atom is 0.0590 e. The summed E-state index contributed by atoms with van der Waals surface area (Å²) in [6.07, 6.45) is 7.60. The molecule has 0 radical (unpaired) electrons. The van der Waals surface area contributed by atoms with Crippen molar-refractivity contribution in [2.75, 3.05) is 19.8 Å². The van der Waals surface area contributed by atoms with Crippen LogP contribution in [0.3, 0.4) is 0 Å². The number of para-hydroxylation sites is 1. The Morgan fingerprint density at radius 1 is 1.22 bits per heavy atom. The van der Waals surface area contributed by atoms with E-state index in [2.05, 4.69) is 54.2 Å². The van der Waals surface area contributed by atoms with Crippen LogP contribution in [0.1, 0.15) is 51.0 Å². The normalized spacial score (nSPS) is 21.8. The van der Waals surface area contributed by atoms with Gasteiger partial charge in [-0.1, -0.05) is 24.6 Å². The molecule has 2 atom stereocenters. The Morgan fingerprint density at radius 2 is 2.09 bits per heavy atom. The molecule has 3 nitrogen and oxygen atoms in total. The van der Waals surface area contributed by atoms with Crippen molar-refractivity contribution in [1.29, 1.82) is 0 Å². The van der Waals surface area contributed by atoms with Gasteiger partial charge in [0.1, 0.15) is 0 Å². The molecule has 3 rings (SSSR count). The van der Waals surface area contributed by atoms with E-state index >= 15 is 0 Å². The first-order valence-electron chi connectivity index (χ1n) is 9.22. The molecule has 2 unspecified atom stereocenters. The van der Waals surface area contributed by atoms with Crippen molar-refractivity contribution in [3.63, 3.8) is 0 Å². The zero-order chi connectivity index (χ0) is 16.1. The van der Waals surface area contributed by atoms with Crippen molar-refractivity contribution in [2.45, 2.75) is 58.0 Å². The summed E-state index contributed by atoms with van der Waals surface area (Å²) in [6.45, 7) is 7.94. The predicted octanol–water partition coefficient (Wildman–Crippen LogP) is 4.31. The van der Waals surface area contributed by atoms with Gasteiger partial charge in [-0.05, 0) is 50.7 Å². The standard InChI is InChI=1S/C20H30N2O/c1-3-22-15-19(18-10-5-6-11-20(18)22)16-8-7-9-17(14-16)21-12-13-23-4-2/h5-6,10-11,15-17,21H,3-4,7-9,12-14H2,1-2H3. The first-order valence-corrected chi connectivity index (χ1v) is 9.22. The zero-order valence-electron chi connectivity index (χ0n) is 14.6. The van der Waals surface area contributed by atoms with Crippen molar-refractivity contribution in [3.8, 4) is 0 Å². The number of aryl methyl sites for hydroxylation is 1. The fourth-order valence-corrected chi connectivity index (χ4v) is 4.00. The van der Waals surface area contributed by atoms with E-state index in [0.717, 1.165) is 26.3 Å². The fourth-order valence-electron chi connectivity index (χ4n) is 4.00. The number of aromatic nitrogens is 1. The molecular weight excluding hydrogens is 284 g/mol. The van der Waals surface area contributed by atoms with Gasteiger partial charge in [-0.15, -0.1) is 0 Å². The SMILES string of the molecule is CCOCCNC1CCCC(c2cn(CC)c3ccccc23)C1. The van der Waals surface area contributed by atoms with Crippen LogP contribution in [0, 0.1) is 0 Å². The third-order valence-corrected chi connectivity index (χ3v) is 5.16. The van der Waals surface area contributed by atoms with Gasteiger partial charge in [-0.25, -0.2) is 0 Å². The maximum absolute atomic E-state index is 5.45. The Hall–Kier alpha value is -1.32. The highest BCUT2D eigenvalue weighted by atomic mass is 16.5. The number of hydrogen-bond donors (Lipinski definition) is 1. The van der Waals surface area contributed by atoms with Gasteiger partial charge in [0, 0.05) is 42.8 Å². The second kappa shape index (κ2) is 7.98. The molecule has 1 aliphatic rings. The van der Waals surface area contributed by atoms with Gasteiger partial charge in [0.2, 0.25) is 0 Å². The summed E-state index contributed by atoms with van der Waals surface area (Å²) < 4.78 is 7.85. The molecule has 126 valence electrons.